The fourth-order valence-corrected chi connectivity index (χ4v) is 3.13. The molecule has 7 nitrogen and oxygen atoms in total. The second-order valence-corrected chi connectivity index (χ2v) is 6.83. The van der Waals surface area contributed by atoms with Crippen LogP contribution < -0.4 is 15.6 Å². The largest absolute Gasteiger partial charge is 0.341 e. The van der Waals surface area contributed by atoms with E-state index in [1.165, 1.54) is 0 Å². The van der Waals surface area contributed by atoms with Crippen molar-refractivity contribution in [2.24, 2.45) is 5.10 Å². The SMILES string of the molecule is Clc1cccc(/C=N/Nc2nc(Nc3ccccc3)nc(N3CCCC3)n2)c1. The zero-order valence-corrected chi connectivity index (χ0v) is 16.0. The van der Waals surface area contributed by atoms with Crippen molar-refractivity contribution in [2.45, 2.75) is 12.8 Å². The van der Waals surface area contributed by atoms with E-state index >= 15 is 0 Å². The summed E-state index contributed by atoms with van der Waals surface area (Å²) in [5.41, 5.74) is 4.70. The fraction of sp³-hybridized carbons (Fsp3) is 0.200. The van der Waals surface area contributed by atoms with Crippen LogP contribution in [0.3, 0.4) is 0 Å². The number of rotatable bonds is 6. The summed E-state index contributed by atoms with van der Waals surface area (Å²) >= 11 is 6.00. The van der Waals surface area contributed by atoms with Crippen LogP contribution in [0, 0.1) is 0 Å². The van der Waals surface area contributed by atoms with E-state index in [1.54, 1.807) is 6.21 Å². The average molecular weight is 394 g/mol. The van der Waals surface area contributed by atoms with E-state index in [1.807, 2.05) is 54.6 Å². The van der Waals surface area contributed by atoms with E-state index in [9.17, 15) is 0 Å². The predicted molar refractivity (Wildman–Crippen MR) is 114 cm³/mol. The number of hydrazone groups is 1. The number of anilines is 4. The summed E-state index contributed by atoms with van der Waals surface area (Å²) in [5.74, 6) is 1.50. The summed E-state index contributed by atoms with van der Waals surface area (Å²) in [7, 11) is 0. The van der Waals surface area contributed by atoms with Gasteiger partial charge in [0, 0.05) is 23.8 Å². The molecule has 28 heavy (non-hydrogen) atoms. The molecule has 0 atom stereocenters. The molecule has 2 aromatic carbocycles. The third kappa shape index (κ3) is 4.75. The Kier molecular flexibility index (Phi) is 5.63. The van der Waals surface area contributed by atoms with Crippen molar-refractivity contribution in [1.82, 2.24) is 15.0 Å². The monoisotopic (exact) mass is 393 g/mol. The first kappa shape index (κ1) is 18.2. The Bertz CT molecular complexity index is 956. The van der Waals surface area contributed by atoms with Crippen molar-refractivity contribution in [3.8, 4) is 0 Å². The zero-order chi connectivity index (χ0) is 19.2. The minimum atomic E-state index is 0.383. The lowest BCUT2D eigenvalue weighted by Gasteiger charge is -2.16. The van der Waals surface area contributed by atoms with Gasteiger partial charge < -0.3 is 10.2 Å². The molecule has 142 valence electrons. The van der Waals surface area contributed by atoms with Crippen molar-refractivity contribution in [3.63, 3.8) is 0 Å². The highest BCUT2D eigenvalue weighted by Crippen LogP contribution is 2.20. The molecule has 0 spiro atoms. The first-order valence-electron chi connectivity index (χ1n) is 9.14. The first-order valence-corrected chi connectivity index (χ1v) is 9.52. The van der Waals surface area contributed by atoms with Crippen molar-refractivity contribution in [1.29, 1.82) is 0 Å². The van der Waals surface area contributed by atoms with Gasteiger partial charge in [0.25, 0.3) is 0 Å². The summed E-state index contributed by atoms with van der Waals surface area (Å²) in [5, 5.41) is 8.12. The maximum atomic E-state index is 6.00. The molecule has 0 amide bonds. The molecular weight excluding hydrogens is 374 g/mol. The summed E-state index contributed by atoms with van der Waals surface area (Å²) in [4.78, 5) is 15.7. The van der Waals surface area contributed by atoms with E-state index < -0.39 is 0 Å². The number of halogens is 1. The predicted octanol–water partition coefficient (Wildman–Crippen LogP) is 4.31. The Hall–Kier alpha value is -3.19. The number of hydrogen-bond acceptors (Lipinski definition) is 7. The van der Waals surface area contributed by atoms with Crippen LogP contribution in [-0.4, -0.2) is 34.3 Å². The maximum Gasteiger partial charge on any atom is 0.250 e. The summed E-state index contributed by atoms with van der Waals surface area (Å²) in [6.07, 6.45) is 3.96. The Morgan fingerprint density at radius 3 is 2.50 bits per heavy atom. The Morgan fingerprint density at radius 1 is 0.929 bits per heavy atom. The van der Waals surface area contributed by atoms with E-state index in [0.29, 0.717) is 22.9 Å². The summed E-state index contributed by atoms with van der Waals surface area (Å²) in [6.45, 7) is 1.89. The van der Waals surface area contributed by atoms with E-state index in [4.69, 9.17) is 11.6 Å². The standard InChI is InChI=1S/C20H20ClN7/c21-16-8-6-7-15(13-16)14-22-27-19-24-18(23-17-9-2-1-3-10-17)25-20(26-19)28-11-4-5-12-28/h1-3,6-10,13-14H,4-5,11-12H2,(H2,23,24,25,26,27)/b22-14+. The molecule has 1 aliphatic heterocycles. The third-order valence-electron chi connectivity index (χ3n) is 4.27. The second-order valence-electron chi connectivity index (χ2n) is 6.39. The summed E-state index contributed by atoms with van der Waals surface area (Å²) < 4.78 is 0. The minimum Gasteiger partial charge on any atom is -0.341 e. The molecule has 8 heteroatoms. The van der Waals surface area contributed by atoms with Crippen LogP contribution in [0.2, 0.25) is 5.02 Å². The van der Waals surface area contributed by atoms with Crippen LogP contribution in [0.15, 0.2) is 59.7 Å². The summed E-state index contributed by atoms with van der Waals surface area (Å²) in [6, 6.07) is 17.3. The topological polar surface area (TPSA) is 78.3 Å². The van der Waals surface area contributed by atoms with Gasteiger partial charge >= 0.3 is 0 Å². The molecule has 1 fully saturated rings. The molecule has 1 aliphatic rings. The number of nitrogens with one attached hydrogen (secondary N) is 2. The highest BCUT2D eigenvalue weighted by Gasteiger charge is 2.17. The van der Waals surface area contributed by atoms with Gasteiger partial charge in [-0.05, 0) is 42.7 Å². The lowest BCUT2D eigenvalue weighted by molar-refractivity contribution is 0.883. The van der Waals surface area contributed by atoms with Crippen molar-refractivity contribution in [2.75, 3.05) is 28.7 Å². The molecule has 2 heterocycles. The van der Waals surface area contributed by atoms with Gasteiger partial charge in [-0.1, -0.05) is 41.9 Å². The second kappa shape index (κ2) is 8.67. The van der Waals surface area contributed by atoms with Crippen molar-refractivity contribution in [3.05, 3.63) is 65.2 Å². The number of nitrogens with zero attached hydrogens (tertiary/aromatic N) is 5. The van der Waals surface area contributed by atoms with Crippen LogP contribution in [0.1, 0.15) is 18.4 Å². The fourth-order valence-electron chi connectivity index (χ4n) is 2.93. The first-order chi connectivity index (χ1) is 13.8. The smallest absolute Gasteiger partial charge is 0.250 e. The number of benzene rings is 2. The van der Waals surface area contributed by atoms with E-state index in [0.717, 1.165) is 37.2 Å². The van der Waals surface area contributed by atoms with Gasteiger partial charge in [-0.3, -0.25) is 0 Å². The van der Waals surface area contributed by atoms with Gasteiger partial charge in [0.1, 0.15) is 0 Å². The third-order valence-corrected chi connectivity index (χ3v) is 4.50. The molecule has 1 aromatic heterocycles. The molecule has 0 bridgehead atoms. The van der Waals surface area contributed by atoms with Gasteiger partial charge in [0.2, 0.25) is 17.8 Å². The molecule has 4 rings (SSSR count). The van der Waals surface area contributed by atoms with Crippen LogP contribution >= 0.6 is 11.6 Å². The molecule has 0 unspecified atom stereocenters. The highest BCUT2D eigenvalue weighted by atomic mass is 35.5. The maximum absolute atomic E-state index is 6.00. The molecule has 1 saturated heterocycles. The van der Waals surface area contributed by atoms with Crippen LogP contribution in [-0.2, 0) is 0 Å². The molecule has 0 radical (unpaired) electrons. The molecule has 3 aromatic rings. The number of para-hydroxylation sites is 1. The lowest BCUT2D eigenvalue weighted by atomic mass is 10.2. The van der Waals surface area contributed by atoms with Gasteiger partial charge in [0.05, 0.1) is 6.21 Å². The average Bonchev–Trinajstić information content (AvgIpc) is 3.24. The van der Waals surface area contributed by atoms with Crippen LogP contribution in [0.5, 0.6) is 0 Å². The van der Waals surface area contributed by atoms with E-state index in [2.05, 4.69) is 35.7 Å². The lowest BCUT2D eigenvalue weighted by Crippen LogP contribution is -2.21. The van der Waals surface area contributed by atoms with E-state index in [-0.39, 0.29) is 0 Å². The zero-order valence-electron chi connectivity index (χ0n) is 15.2. The molecule has 0 saturated carbocycles. The van der Waals surface area contributed by atoms with Crippen LogP contribution in [0.4, 0.5) is 23.5 Å². The number of aromatic nitrogens is 3. The van der Waals surface area contributed by atoms with Crippen molar-refractivity contribution < 1.29 is 0 Å². The molecule has 0 aliphatic carbocycles. The molecular formula is C20H20ClN7. The Morgan fingerprint density at radius 2 is 1.71 bits per heavy atom. The highest BCUT2D eigenvalue weighted by molar-refractivity contribution is 6.30. The quantitative estimate of drug-likeness (QED) is 0.479. The van der Waals surface area contributed by atoms with Gasteiger partial charge in [-0.15, -0.1) is 0 Å². The number of hydrogen-bond donors (Lipinski definition) is 2. The Labute approximate surface area is 168 Å². The molecule has 2 N–H and O–H groups in total. The van der Waals surface area contributed by atoms with Crippen molar-refractivity contribution >= 4 is 41.3 Å². The normalized spacial score (nSPS) is 13.8. The van der Waals surface area contributed by atoms with Gasteiger partial charge in [-0.25, -0.2) is 5.43 Å². The van der Waals surface area contributed by atoms with Gasteiger partial charge in [0.15, 0.2) is 0 Å². The van der Waals surface area contributed by atoms with Gasteiger partial charge in [-0.2, -0.15) is 20.1 Å². The minimum absolute atomic E-state index is 0.383. The Balaban J connectivity index is 1.56. The van der Waals surface area contributed by atoms with Crippen LogP contribution in [0.25, 0.3) is 0 Å².